The highest BCUT2D eigenvalue weighted by molar-refractivity contribution is 5.97. The third kappa shape index (κ3) is 19.9. The van der Waals surface area contributed by atoms with Crippen LogP contribution in [0, 0.1) is 29.6 Å². The molecular formula is C45H74N6O12. The Morgan fingerprint density at radius 3 is 1.95 bits per heavy atom. The smallest absolute Gasteiger partial charge is 0.306 e. The van der Waals surface area contributed by atoms with E-state index in [0.29, 0.717) is 64.6 Å². The van der Waals surface area contributed by atoms with Gasteiger partial charge >= 0.3 is 5.97 Å². The van der Waals surface area contributed by atoms with Gasteiger partial charge in [-0.2, -0.15) is 0 Å². The van der Waals surface area contributed by atoms with Crippen molar-refractivity contribution in [3.8, 4) is 0 Å². The van der Waals surface area contributed by atoms with E-state index in [1.807, 2.05) is 27.7 Å². The number of nitrogens with one attached hydrogen (secondary N) is 4. The Hall–Kier alpha value is -4.42. The van der Waals surface area contributed by atoms with Crippen LogP contribution >= 0.6 is 0 Å². The standard InChI is InChI=1S/C45H74N6O12/c1-26(2)18-31(44(61)50-28(5)37(54)13-15-42(59)51-17-9-11-36(51)40(57)21-30(45(62)63)10-7-8-16-46)20-33(52)25-48-43(60)32(19-27(3)4)22-39(56)29(6)49-41(58)14-12-38(55)35-23-34(53)24-47-35/h26-32,34-36,47,53H,7-25,46H2,1-6H3,(H,48,60)(H,49,58)(H,50,61)(H,62,63)/t28-,29-,30+,31+,32+,34+,35-,36-/m0/s1. The first-order valence-corrected chi connectivity index (χ1v) is 22.8. The molecule has 2 aliphatic rings. The molecule has 2 fully saturated rings. The summed E-state index contributed by atoms with van der Waals surface area (Å²) in [5.74, 6) is -7.23. The second-order valence-corrected chi connectivity index (χ2v) is 18.3. The van der Waals surface area contributed by atoms with E-state index in [2.05, 4.69) is 21.3 Å². The number of nitrogens with two attached hydrogens (primary N) is 1. The number of nitrogens with zero attached hydrogens (tertiary/aromatic N) is 1. The molecule has 2 rings (SSSR count). The number of unbranched alkanes of at least 4 members (excludes halogenated alkanes) is 1. The highest BCUT2D eigenvalue weighted by Gasteiger charge is 2.36. The summed E-state index contributed by atoms with van der Waals surface area (Å²) in [6.07, 6.45) is 1.66. The van der Waals surface area contributed by atoms with Crippen molar-refractivity contribution in [2.75, 3.05) is 26.2 Å². The maximum atomic E-state index is 13.4. The number of carbonyl (C=O) groups excluding carboxylic acids is 9. The van der Waals surface area contributed by atoms with E-state index in [4.69, 9.17) is 5.73 Å². The summed E-state index contributed by atoms with van der Waals surface area (Å²) in [6, 6.07) is -3.17. The highest BCUT2D eigenvalue weighted by Crippen LogP contribution is 2.25. The number of carboxylic acid groups (broad SMARTS) is 1. The molecular weight excluding hydrogens is 817 g/mol. The molecule has 18 nitrogen and oxygen atoms in total. The van der Waals surface area contributed by atoms with Gasteiger partial charge in [0.25, 0.3) is 0 Å². The topological polar surface area (TPSA) is 289 Å². The number of carbonyl (C=O) groups is 10. The van der Waals surface area contributed by atoms with Crippen molar-refractivity contribution in [2.24, 2.45) is 35.3 Å². The molecule has 4 amide bonds. The maximum Gasteiger partial charge on any atom is 0.306 e. The van der Waals surface area contributed by atoms with Crippen molar-refractivity contribution < 1.29 is 58.2 Å². The van der Waals surface area contributed by atoms with E-state index in [0.717, 1.165) is 0 Å². The molecule has 0 aromatic heterocycles. The molecule has 2 saturated heterocycles. The number of aliphatic carboxylic acids is 1. The minimum Gasteiger partial charge on any atom is -0.481 e. The van der Waals surface area contributed by atoms with Gasteiger partial charge in [-0.05, 0) is 77.2 Å². The van der Waals surface area contributed by atoms with E-state index in [1.54, 1.807) is 0 Å². The first kappa shape index (κ1) is 54.7. The molecule has 18 heteroatoms. The summed E-state index contributed by atoms with van der Waals surface area (Å²) in [7, 11) is 0. The Kier molecular flexibility index (Phi) is 24.1. The molecule has 8 atom stereocenters. The Balaban J connectivity index is 1.89. The third-order valence-electron chi connectivity index (χ3n) is 11.8. The minimum atomic E-state index is -1.07. The fourth-order valence-electron chi connectivity index (χ4n) is 8.20. The van der Waals surface area contributed by atoms with Gasteiger partial charge in [0.2, 0.25) is 23.6 Å². The zero-order valence-electron chi connectivity index (χ0n) is 38.2. The average molecular weight is 891 g/mol. The van der Waals surface area contributed by atoms with Crippen LogP contribution in [0.5, 0.6) is 0 Å². The van der Waals surface area contributed by atoms with Crippen molar-refractivity contribution in [3.05, 3.63) is 0 Å². The summed E-state index contributed by atoms with van der Waals surface area (Å²) in [5.41, 5.74) is 5.51. The molecule has 0 aromatic carbocycles. The number of ketones is 5. The predicted octanol–water partition coefficient (Wildman–Crippen LogP) is 1.56. The molecule has 2 heterocycles. The largest absolute Gasteiger partial charge is 0.481 e. The monoisotopic (exact) mass is 891 g/mol. The summed E-state index contributed by atoms with van der Waals surface area (Å²) >= 11 is 0. The van der Waals surface area contributed by atoms with Gasteiger partial charge in [-0.3, -0.25) is 47.9 Å². The van der Waals surface area contributed by atoms with Crippen LogP contribution in [0.2, 0.25) is 0 Å². The summed E-state index contributed by atoms with van der Waals surface area (Å²) < 4.78 is 0. The van der Waals surface area contributed by atoms with Crippen molar-refractivity contribution in [2.45, 2.75) is 168 Å². The summed E-state index contributed by atoms with van der Waals surface area (Å²) in [5, 5.41) is 30.0. The molecule has 0 unspecified atom stereocenters. The Morgan fingerprint density at radius 1 is 0.730 bits per heavy atom. The number of carboxylic acids is 1. The van der Waals surface area contributed by atoms with E-state index in [-0.39, 0.29) is 74.8 Å². The van der Waals surface area contributed by atoms with E-state index >= 15 is 0 Å². The molecule has 356 valence electrons. The van der Waals surface area contributed by atoms with Crippen LogP contribution in [0.15, 0.2) is 0 Å². The third-order valence-corrected chi connectivity index (χ3v) is 11.8. The van der Waals surface area contributed by atoms with Crippen LogP contribution < -0.4 is 27.0 Å². The van der Waals surface area contributed by atoms with Crippen LogP contribution in [0.3, 0.4) is 0 Å². The van der Waals surface area contributed by atoms with Gasteiger partial charge < -0.3 is 42.1 Å². The number of amides is 4. The number of aliphatic hydroxyl groups is 1. The van der Waals surface area contributed by atoms with Crippen molar-refractivity contribution in [3.63, 3.8) is 0 Å². The molecule has 8 N–H and O–H groups in total. The lowest BCUT2D eigenvalue weighted by Gasteiger charge is -2.25. The second kappa shape index (κ2) is 27.7. The van der Waals surface area contributed by atoms with Crippen LogP contribution in [-0.4, -0.2) is 130 Å². The normalized spacial score (nSPS) is 19.8. The summed E-state index contributed by atoms with van der Waals surface area (Å²) in [6.45, 7) is 11.2. The zero-order chi connectivity index (χ0) is 47.4. The molecule has 0 radical (unpaired) electrons. The first-order chi connectivity index (χ1) is 29.6. The number of rotatable bonds is 31. The second-order valence-electron chi connectivity index (χ2n) is 18.3. The zero-order valence-corrected chi connectivity index (χ0v) is 38.2. The Labute approximate surface area is 371 Å². The SMILES string of the molecule is CC(C)C[C@H](CC(=O)[C@H](C)NC(=O)CCC(=O)[C@@H]1C[C@@H](O)CN1)C(=O)NCC(=O)C[C@@H](CC(C)C)C(=O)N[C@@H](C)C(=O)CCC(=O)N1CCC[C@H]1C(=O)C[C@@H](CCCCN)C(=O)O. The van der Waals surface area contributed by atoms with Gasteiger partial charge in [0, 0.05) is 69.9 Å². The molecule has 63 heavy (non-hydrogen) atoms. The van der Waals surface area contributed by atoms with Gasteiger partial charge in [0.05, 0.1) is 42.7 Å². The van der Waals surface area contributed by atoms with Gasteiger partial charge in [-0.15, -0.1) is 0 Å². The lowest BCUT2D eigenvalue weighted by molar-refractivity contribution is -0.145. The van der Waals surface area contributed by atoms with Crippen molar-refractivity contribution >= 4 is 58.5 Å². The van der Waals surface area contributed by atoms with Gasteiger partial charge in [0.1, 0.15) is 5.78 Å². The van der Waals surface area contributed by atoms with Crippen molar-refractivity contribution in [1.82, 2.24) is 26.2 Å². The number of β-amino-alcohol motifs (C(OH)–C–C–N with tert-alkyl or cyclic N) is 1. The Bertz CT molecular complexity index is 1620. The summed E-state index contributed by atoms with van der Waals surface area (Å²) in [4.78, 5) is 131. The molecule has 0 saturated carbocycles. The number of likely N-dealkylation sites (tertiary alicyclic amines) is 1. The molecule has 0 aromatic rings. The minimum absolute atomic E-state index is 0.00216. The Morgan fingerprint density at radius 2 is 1.37 bits per heavy atom. The lowest BCUT2D eigenvalue weighted by Crippen LogP contribution is -2.44. The van der Waals surface area contributed by atoms with Crippen molar-refractivity contribution in [1.29, 1.82) is 0 Å². The molecule has 0 bridgehead atoms. The first-order valence-electron chi connectivity index (χ1n) is 22.8. The van der Waals surface area contributed by atoms with Gasteiger partial charge in [0.15, 0.2) is 23.1 Å². The van der Waals surface area contributed by atoms with E-state index in [9.17, 15) is 58.2 Å². The number of aliphatic hydroxyl groups excluding tert-OH is 1. The number of hydrogen-bond acceptors (Lipinski definition) is 13. The van der Waals surface area contributed by atoms with Gasteiger partial charge in [-0.25, -0.2) is 0 Å². The van der Waals surface area contributed by atoms with Crippen LogP contribution in [0.1, 0.15) is 138 Å². The van der Waals surface area contributed by atoms with Gasteiger partial charge in [-0.1, -0.05) is 34.1 Å². The number of Topliss-reactive ketones (excluding diaryl/α,β-unsaturated/α-hetero) is 5. The highest BCUT2D eigenvalue weighted by atomic mass is 16.4. The van der Waals surface area contributed by atoms with E-state index < -0.39 is 102 Å². The van der Waals surface area contributed by atoms with Crippen LogP contribution in [0.4, 0.5) is 0 Å². The fourth-order valence-corrected chi connectivity index (χ4v) is 8.20. The van der Waals surface area contributed by atoms with Crippen LogP contribution in [0.25, 0.3) is 0 Å². The molecule has 0 aliphatic carbocycles. The predicted molar refractivity (Wildman–Crippen MR) is 233 cm³/mol. The number of hydrogen-bond donors (Lipinski definition) is 7. The lowest BCUT2D eigenvalue weighted by atomic mass is 9.89. The van der Waals surface area contributed by atoms with Crippen LogP contribution in [-0.2, 0) is 47.9 Å². The molecule has 2 aliphatic heterocycles. The fraction of sp³-hybridized carbons (Fsp3) is 0.778. The maximum absolute atomic E-state index is 13.4. The quantitative estimate of drug-likeness (QED) is 0.0487. The average Bonchev–Trinajstić information content (AvgIpc) is 3.89. The van der Waals surface area contributed by atoms with E-state index in [1.165, 1.54) is 18.7 Å². The molecule has 0 spiro atoms.